The van der Waals surface area contributed by atoms with Crippen LogP contribution >= 0.6 is 0 Å². The van der Waals surface area contributed by atoms with Crippen LogP contribution in [0, 0.1) is 11.8 Å². The highest BCUT2D eigenvalue weighted by atomic mass is 15.1. The standard InChI is InChI=1S/C15H25N/c1-9(2)14-12(6)11(5)13(7)16(8)15(14)10(3)4/h9-10H,7H2,1-6,8H3. The van der Waals surface area contributed by atoms with E-state index in [1.807, 2.05) is 0 Å². The second-order valence-corrected chi connectivity index (χ2v) is 5.36. The SMILES string of the molecule is C=C1C(C)=C(C)C(C(C)C)=C(C(C)C)N1C. The molecule has 0 unspecified atom stereocenters. The van der Waals surface area contributed by atoms with Gasteiger partial charge in [0.2, 0.25) is 0 Å². The third-order valence-electron chi connectivity index (χ3n) is 3.57. The summed E-state index contributed by atoms with van der Waals surface area (Å²) in [6, 6.07) is 0. The Balaban J connectivity index is 3.46. The van der Waals surface area contributed by atoms with Gasteiger partial charge in [-0.2, -0.15) is 0 Å². The van der Waals surface area contributed by atoms with Gasteiger partial charge in [-0.1, -0.05) is 34.3 Å². The molecule has 0 saturated carbocycles. The van der Waals surface area contributed by atoms with Crippen LogP contribution in [0.5, 0.6) is 0 Å². The van der Waals surface area contributed by atoms with Crippen LogP contribution in [-0.2, 0) is 0 Å². The van der Waals surface area contributed by atoms with Crippen LogP contribution in [0.4, 0.5) is 0 Å². The minimum absolute atomic E-state index is 0.544. The maximum Gasteiger partial charge on any atom is 0.0365 e. The van der Waals surface area contributed by atoms with Gasteiger partial charge in [-0.15, -0.1) is 0 Å². The normalized spacial score (nSPS) is 18.3. The van der Waals surface area contributed by atoms with Crippen molar-refractivity contribution in [1.29, 1.82) is 0 Å². The molecule has 90 valence electrons. The molecule has 0 radical (unpaired) electrons. The van der Waals surface area contributed by atoms with Crippen molar-refractivity contribution in [1.82, 2.24) is 4.90 Å². The molecule has 0 atom stereocenters. The summed E-state index contributed by atoms with van der Waals surface area (Å²) in [5, 5.41) is 0. The van der Waals surface area contributed by atoms with Crippen molar-refractivity contribution in [2.75, 3.05) is 7.05 Å². The van der Waals surface area contributed by atoms with E-state index in [1.54, 1.807) is 0 Å². The zero-order chi connectivity index (χ0) is 12.6. The summed E-state index contributed by atoms with van der Waals surface area (Å²) in [7, 11) is 2.13. The molecule has 1 aliphatic rings. The maximum atomic E-state index is 4.19. The molecular weight excluding hydrogens is 194 g/mol. The number of hydrogen-bond acceptors (Lipinski definition) is 1. The molecule has 0 aromatic rings. The smallest absolute Gasteiger partial charge is 0.0365 e. The highest BCUT2D eigenvalue weighted by Crippen LogP contribution is 2.38. The summed E-state index contributed by atoms with van der Waals surface area (Å²) >= 11 is 0. The quantitative estimate of drug-likeness (QED) is 0.667. The lowest BCUT2D eigenvalue weighted by atomic mass is 9.84. The zero-order valence-corrected chi connectivity index (χ0v) is 11.8. The van der Waals surface area contributed by atoms with E-state index in [9.17, 15) is 0 Å². The van der Waals surface area contributed by atoms with Crippen LogP contribution in [0.15, 0.2) is 34.7 Å². The van der Waals surface area contributed by atoms with Gasteiger partial charge < -0.3 is 4.90 Å². The van der Waals surface area contributed by atoms with Gasteiger partial charge in [0.1, 0.15) is 0 Å². The predicted octanol–water partition coefficient (Wildman–Crippen LogP) is 4.35. The number of rotatable bonds is 2. The molecule has 0 fully saturated rings. The average Bonchev–Trinajstić information content (AvgIpc) is 2.18. The Morgan fingerprint density at radius 1 is 0.938 bits per heavy atom. The first-order chi connectivity index (χ1) is 7.29. The Kier molecular flexibility index (Phi) is 3.67. The van der Waals surface area contributed by atoms with E-state index in [2.05, 4.69) is 60.1 Å². The fourth-order valence-corrected chi connectivity index (χ4v) is 2.62. The summed E-state index contributed by atoms with van der Waals surface area (Å²) in [4.78, 5) is 2.27. The predicted molar refractivity (Wildman–Crippen MR) is 72.0 cm³/mol. The van der Waals surface area contributed by atoms with Crippen LogP contribution in [0.2, 0.25) is 0 Å². The van der Waals surface area contributed by atoms with Gasteiger partial charge in [0.05, 0.1) is 0 Å². The van der Waals surface area contributed by atoms with Crippen molar-refractivity contribution in [3.05, 3.63) is 34.7 Å². The minimum atomic E-state index is 0.544. The molecule has 1 aliphatic heterocycles. The molecule has 1 heterocycles. The van der Waals surface area contributed by atoms with E-state index < -0.39 is 0 Å². The van der Waals surface area contributed by atoms with Crippen molar-refractivity contribution < 1.29 is 0 Å². The van der Waals surface area contributed by atoms with E-state index in [4.69, 9.17) is 0 Å². The first-order valence-corrected chi connectivity index (χ1v) is 6.13. The lowest BCUT2D eigenvalue weighted by Crippen LogP contribution is -2.28. The van der Waals surface area contributed by atoms with Gasteiger partial charge in [-0.25, -0.2) is 0 Å². The van der Waals surface area contributed by atoms with Crippen LogP contribution in [0.3, 0.4) is 0 Å². The molecule has 0 aliphatic carbocycles. The van der Waals surface area contributed by atoms with Crippen molar-refractivity contribution in [2.24, 2.45) is 11.8 Å². The zero-order valence-electron chi connectivity index (χ0n) is 11.8. The molecule has 1 rings (SSSR count). The molecule has 16 heavy (non-hydrogen) atoms. The van der Waals surface area contributed by atoms with Gasteiger partial charge >= 0.3 is 0 Å². The molecule has 0 spiro atoms. The summed E-state index contributed by atoms with van der Waals surface area (Å²) in [6.45, 7) is 17.7. The molecule has 0 aromatic carbocycles. The third-order valence-corrected chi connectivity index (χ3v) is 3.57. The van der Waals surface area contributed by atoms with E-state index in [1.165, 1.54) is 22.4 Å². The van der Waals surface area contributed by atoms with Crippen molar-refractivity contribution in [2.45, 2.75) is 41.5 Å². The summed E-state index contributed by atoms with van der Waals surface area (Å²) in [6.07, 6.45) is 0. The summed E-state index contributed by atoms with van der Waals surface area (Å²) in [5.41, 5.74) is 6.83. The van der Waals surface area contributed by atoms with Gasteiger partial charge in [0, 0.05) is 18.4 Å². The Labute approximate surface area is 101 Å². The van der Waals surface area contributed by atoms with Crippen LogP contribution in [0.25, 0.3) is 0 Å². The first-order valence-electron chi connectivity index (χ1n) is 6.13. The summed E-state index contributed by atoms with van der Waals surface area (Å²) < 4.78 is 0. The molecule has 0 saturated heterocycles. The second kappa shape index (κ2) is 4.48. The van der Waals surface area contributed by atoms with Crippen LogP contribution in [-0.4, -0.2) is 11.9 Å². The molecule has 1 nitrogen and oxygen atoms in total. The van der Waals surface area contributed by atoms with Crippen molar-refractivity contribution >= 4 is 0 Å². The first kappa shape index (κ1) is 13.1. The maximum absolute atomic E-state index is 4.19. The molecule has 0 aromatic heterocycles. The monoisotopic (exact) mass is 219 g/mol. The second-order valence-electron chi connectivity index (χ2n) is 5.36. The largest absolute Gasteiger partial charge is 0.348 e. The van der Waals surface area contributed by atoms with Gasteiger partial charge in [0.15, 0.2) is 0 Å². The lowest BCUT2D eigenvalue weighted by Gasteiger charge is -2.37. The Hall–Kier alpha value is -0.980. The highest BCUT2D eigenvalue weighted by molar-refractivity contribution is 5.50. The minimum Gasteiger partial charge on any atom is -0.348 e. The van der Waals surface area contributed by atoms with E-state index in [0.717, 1.165) is 5.70 Å². The molecular formula is C15H25N. The lowest BCUT2D eigenvalue weighted by molar-refractivity contribution is 0.435. The third kappa shape index (κ3) is 1.95. The number of nitrogens with zero attached hydrogens (tertiary/aromatic N) is 1. The van der Waals surface area contributed by atoms with Crippen molar-refractivity contribution in [3.63, 3.8) is 0 Å². The average molecular weight is 219 g/mol. The van der Waals surface area contributed by atoms with Gasteiger partial charge in [0.25, 0.3) is 0 Å². The Morgan fingerprint density at radius 2 is 1.44 bits per heavy atom. The van der Waals surface area contributed by atoms with E-state index in [-0.39, 0.29) is 0 Å². The van der Waals surface area contributed by atoms with Crippen LogP contribution in [0.1, 0.15) is 41.5 Å². The molecule has 0 amide bonds. The molecule has 0 bridgehead atoms. The fraction of sp³-hybridized carbons (Fsp3) is 0.600. The van der Waals surface area contributed by atoms with Crippen molar-refractivity contribution in [3.8, 4) is 0 Å². The van der Waals surface area contributed by atoms with Crippen LogP contribution < -0.4 is 0 Å². The Bertz CT molecular complexity index is 367. The number of hydrogen-bond donors (Lipinski definition) is 0. The molecule has 0 N–H and O–H groups in total. The van der Waals surface area contributed by atoms with Gasteiger partial charge in [-0.3, -0.25) is 0 Å². The van der Waals surface area contributed by atoms with E-state index >= 15 is 0 Å². The van der Waals surface area contributed by atoms with E-state index in [0.29, 0.717) is 11.8 Å². The van der Waals surface area contributed by atoms with Gasteiger partial charge in [-0.05, 0) is 42.4 Å². The summed E-state index contributed by atoms with van der Waals surface area (Å²) in [5.74, 6) is 1.12. The number of allylic oxidation sites excluding steroid dienone is 4. The highest BCUT2D eigenvalue weighted by Gasteiger charge is 2.26. The number of likely N-dealkylation sites (N-methyl/N-ethyl adjacent to an activating group) is 1. The fourth-order valence-electron chi connectivity index (χ4n) is 2.62. The molecule has 1 heteroatoms. The topological polar surface area (TPSA) is 3.24 Å². The Morgan fingerprint density at radius 3 is 1.81 bits per heavy atom.